The smallest absolute Gasteiger partial charge is 0.338 e. The van der Waals surface area contributed by atoms with Gasteiger partial charge in [-0.05, 0) is 31.2 Å². The number of rotatable bonds is 2. The van der Waals surface area contributed by atoms with Crippen molar-refractivity contribution in [3.05, 3.63) is 29.3 Å². The summed E-state index contributed by atoms with van der Waals surface area (Å²) in [6.07, 6.45) is 1.25. The number of carbonyl (C=O) groups excluding carboxylic acids is 1. The van der Waals surface area contributed by atoms with E-state index in [1.54, 1.807) is 6.07 Å². The molecular formula is C15H19NO3. The topological polar surface area (TPSA) is 47.6 Å². The number of benzene rings is 1. The average molecular weight is 261 g/mol. The van der Waals surface area contributed by atoms with Crippen molar-refractivity contribution in [1.82, 2.24) is 5.32 Å². The molecule has 0 saturated carbocycles. The summed E-state index contributed by atoms with van der Waals surface area (Å²) in [4.78, 5) is 11.4. The van der Waals surface area contributed by atoms with Crippen molar-refractivity contribution >= 4 is 5.97 Å². The first-order valence-corrected chi connectivity index (χ1v) is 6.74. The van der Waals surface area contributed by atoms with E-state index in [-0.39, 0.29) is 17.5 Å². The minimum Gasteiger partial charge on any atom is -0.489 e. The van der Waals surface area contributed by atoms with E-state index in [0.717, 1.165) is 30.8 Å². The molecule has 0 bridgehead atoms. The molecule has 1 saturated heterocycles. The van der Waals surface area contributed by atoms with Crippen LogP contribution in [0.25, 0.3) is 0 Å². The number of fused-ring (bicyclic) bond motifs is 1. The van der Waals surface area contributed by atoms with Gasteiger partial charge in [0.05, 0.1) is 5.56 Å². The van der Waals surface area contributed by atoms with E-state index in [2.05, 4.69) is 19.2 Å². The van der Waals surface area contributed by atoms with Crippen LogP contribution in [0.4, 0.5) is 0 Å². The zero-order valence-corrected chi connectivity index (χ0v) is 11.4. The molecule has 0 radical (unpaired) electrons. The van der Waals surface area contributed by atoms with Crippen molar-refractivity contribution in [3.63, 3.8) is 0 Å². The van der Waals surface area contributed by atoms with E-state index in [1.807, 2.05) is 12.1 Å². The Labute approximate surface area is 113 Å². The Morgan fingerprint density at radius 2 is 2.26 bits per heavy atom. The SMILES string of the molecule is CC1(C)CCNC[C@@H]1Oc1ccc2c(c1)COC2=O. The van der Waals surface area contributed by atoms with E-state index in [9.17, 15) is 4.79 Å². The fraction of sp³-hybridized carbons (Fsp3) is 0.533. The molecule has 1 atom stereocenters. The highest BCUT2D eigenvalue weighted by Gasteiger charge is 2.34. The van der Waals surface area contributed by atoms with Crippen LogP contribution in [-0.2, 0) is 11.3 Å². The van der Waals surface area contributed by atoms with Crippen LogP contribution in [0.1, 0.15) is 36.2 Å². The van der Waals surface area contributed by atoms with Crippen molar-refractivity contribution in [2.75, 3.05) is 13.1 Å². The maximum absolute atomic E-state index is 11.4. The van der Waals surface area contributed by atoms with Gasteiger partial charge in [-0.15, -0.1) is 0 Å². The number of esters is 1. The average Bonchev–Trinajstić information content (AvgIpc) is 2.73. The fourth-order valence-corrected chi connectivity index (χ4v) is 2.63. The number of ether oxygens (including phenoxy) is 2. The molecule has 4 heteroatoms. The summed E-state index contributed by atoms with van der Waals surface area (Å²) >= 11 is 0. The first kappa shape index (κ1) is 12.5. The van der Waals surface area contributed by atoms with Crippen molar-refractivity contribution in [1.29, 1.82) is 0 Å². The molecule has 1 N–H and O–H groups in total. The summed E-state index contributed by atoms with van der Waals surface area (Å²) < 4.78 is 11.1. The number of hydrogen-bond donors (Lipinski definition) is 1. The van der Waals surface area contributed by atoms with Gasteiger partial charge < -0.3 is 14.8 Å². The monoisotopic (exact) mass is 261 g/mol. The zero-order chi connectivity index (χ0) is 13.5. The van der Waals surface area contributed by atoms with Gasteiger partial charge in [-0.3, -0.25) is 0 Å². The number of cyclic esters (lactones) is 1. The van der Waals surface area contributed by atoms with Gasteiger partial charge in [-0.1, -0.05) is 13.8 Å². The molecule has 1 aromatic rings. The molecule has 2 heterocycles. The van der Waals surface area contributed by atoms with Gasteiger partial charge in [0.25, 0.3) is 0 Å². The summed E-state index contributed by atoms with van der Waals surface area (Å²) in [6, 6.07) is 5.57. The first-order chi connectivity index (χ1) is 9.06. The lowest BCUT2D eigenvalue weighted by molar-refractivity contribution is 0.0454. The zero-order valence-electron chi connectivity index (χ0n) is 11.4. The Morgan fingerprint density at radius 3 is 3.05 bits per heavy atom. The van der Waals surface area contributed by atoms with Crippen LogP contribution in [0, 0.1) is 5.41 Å². The van der Waals surface area contributed by atoms with Crippen molar-refractivity contribution in [3.8, 4) is 5.75 Å². The highest BCUT2D eigenvalue weighted by molar-refractivity contribution is 5.93. The summed E-state index contributed by atoms with van der Waals surface area (Å²) in [5.74, 6) is 0.583. The third kappa shape index (κ3) is 2.32. The van der Waals surface area contributed by atoms with E-state index in [0.29, 0.717) is 12.2 Å². The van der Waals surface area contributed by atoms with Crippen LogP contribution in [0.5, 0.6) is 5.75 Å². The normalized spacial score (nSPS) is 24.7. The second-order valence-corrected chi connectivity index (χ2v) is 5.94. The molecule has 0 aliphatic carbocycles. The Balaban J connectivity index is 1.78. The van der Waals surface area contributed by atoms with Crippen LogP contribution in [-0.4, -0.2) is 25.2 Å². The van der Waals surface area contributed by atoms with Crippen LogP contribution in [0.3, 0.4) is 0 Å². The molecule has 4 nitrogen and oxygen atoms in total. The molecule has 0 spiro atoms. The van der Waals surface area contributed by atoms with Crippen molar-refractivity contribution in [2.45, 2.75) is 33.0 Å². The second-order valence-electron chi connectivity index (χ2n) is 5.94. The number of piperidine rings is 1. The first-order valence-electron chi connectivity index (χ1n) is 6.74. The molecule has 19 heavy (non-hydrogen) atoms. The van der Waals surface area contributed by atoms with Gasteiger partial charge >= 0.3 is 5.97 Å². The lowest BCUT2D eigenvalue weighted by Gasteiger charge is -2.38. The van der Waals surface area contributed by atoms with Gasteiger partial charge in [-0.2, -0.15) is 0 Å². The van der Waals surface area contributed by atoms with Gasteiger partial charge in [0.1, 0.15) is 18.5 Å². The third-order valence-corrected chi connectivity index (χ3v) is 4.08. The predicted octanol–water partition coefficient (Wildman–Crippen LogP) is 2.12. The van der Waals surface area contributed by atoms with E-state index in [4.69, 9.17) is 9.47 Å². The molecule has 1 aromatic carbocycles. The highest BCUT2D eigenvalue weighted by atomic mass is 16.5. The maximum Gasteiger partial charge on any atom is 0.338 e. The summed E-state index contributed by atoms with van der Waals surface area (Å²) in [5, 5.41) is 3.37. The van der Waals surface area contributed by atoms with Crippen LogP contribution in [0.15, 0.2) is 18.2 Å². The van der Waals surface area contributed by atoms with E-state index in [1.165, 1.54) is 0 Å². The molecule has 0 unspecified atom stereocenters. The lowest BCUT2D eigenvalue weighted by Crippen LogP contribution is -2.49. The van der Waals surface area contributed by atoms with E-state index >= 15 is 0 Å². The molecular weight excluding hydrogens is 242 g/mol. The van der Waals surface area contributed by atoms with Gasteiger partial charge in [0.15, 0.2) is 0 Å². The van der Waals surface area contributed by atoms with Gasteiger partial charge in [-0.25, -0.2) is 4.79 Å². The molecule has 3 rings (SSSR count). The minimum atomic E-state index is -0.235. The molecule has 2 aliphatic heterocycles. The minimum absolute atomic E-state index is 0.150. The van der Waals surface area contributed by atoms with Crippen LogP contribution < -0.4 is 10.1 Å². The Kier molecular flexibility index (Phi) is 2.97. The maximum atomic E-state index is 11.4. The summed E-state index contributed by atoms with van der Waals surface area (Å²) in [7, 11) is 0. The summed E-state index contributed by atoms with van der Waals surface area (Å²) in [6.45, 7) is 6.73. The molecule has 1 fully saturated rings. The standard InChI is InChI=1S/C15H19NO3/c1-15(2)5-6-16-8-13(15)19-11-3-4-12-10(7-11)9-18-14(12)17/h3-4,7,13,16H,5-6,8-9H2,1-2H3/t13-/m0/s1. The highest BCUT2D eigenvalue weighted by Crippen LogP contribution is 2.32. The van der Waals surface area contributed by atoms with Gasteiger partial charge in [0, 0.05) is 17.5 Å². The van der Waals surface area contributed by atoms with E-state index < -0.39 is 0 Å². The Hall–Kier alpha value is -1.55. The van der Waals surface area contributed by atoms with Crippen LogP contribution >= 0.6 is 0 Å². The number of carbonyl (C=O) groups is 1. The molecule has 2 aliphatic rings. The third-order valence-electron chi connectivity index (χ3n) is 4.08. The lowest BCUT2D eigenvalue weighted by atomic mass is 9.80. The quantitative estimate of drug-likeness (QED) is 0.828. The molecule has 102 valence electrons. The summed E-state index contributed by atoms with van der Waals surface area (Å²) in [5.41, 5.74) is 1.74. The number of hydrogen-bond acceptors (Lipinski definition) is 4. The Morgan fingerprint density at radius 1 is 1.42 bits per heavy atom. The van der Waals surface area contributed by atoms with Crippen molar-refractivity contribution in [2.24, 2.45) is 5.41 Å². The Bertz CT molecular complexity index is 510. The largest absolute Gasteiger partial charge is 0.489 e. The van der Waals surface area contributed by atoms with Crippen LogP contribution in [0.2, 0.25) is 0 Å². The molecule has 0 amide bonds. The molecule has 0 aromatic heterocycles. The van der Waals surface area contributed by atoms with Crippen molar-refractivity contribution < 1.29 is 14.3 Å². The fourth-order valence-electron chi connectivity index (χ4n) is 2.63. The van der Waals surface area contributed by atoms with Gasteiger partial charge in [0.2, 0.25) is 0 Å². The number of nitrogens with one attached hydrogen (secondary N) is 1. The second kappa shape index (κ2) is 4.53. The predicted molar refractivity (Wildman–Crippen MR) is 71.2 cm³/mol.